The molecule has 0 saturated heterocycles. The second-order valence-corrected chi connectivity index (χ2v) is 14.2. The summed E-state index contributed by atoms with van der Waals surface area (Å²) in [4.78, 5) is 0. The Hall–Kier alpha value is -6.22. The molecule has 11 aromatic rings. The molecule has 232 valence electrons. The maximum absolute atomic E-state index is 6.85. The Morgan fingerprint density at radius 1 is 0.360 bits per heavy atom. The van der Waals surface area contributed by atoms with E-state index in [1.807, 2.05) is 11.3 Å². The molecule has 0 N–H and O–H groups in total. The van der Waals surface area contributed by atoms with Crippen LogP contribution in [-0.2, 0) is 0 Å². The zero-order chi connectivity index (χ0) is 32.8. The van der Waals surface area contributed by atoms with Gasteiger partial charge in [0.05, 0.1) is 4.70 Å². The van der Waals surface area contributed by atoms with Crippen LogP contribution in [0.15, 0.2) is 174 Å². The van der Waals surface area contributed by atoms with Crippen LogP contribution in [0, 0.1) is 0 Å². The fraction of sp³-hybridized carbons (Fsp3) is 0. The van der Waals surface area contributed by atoms with Crippen molar-refractivity contribution in [1.29, 1.82) is 0 Å². The Kier molecular flexibility index (Phi) is 5.89. The van der Waals surface area contributed by atoms with Crippen LogP contribution in [0.2, 0.25) is 0 Å². The van der Waals surface area contributed by atoms with Gasteiger partial charge in [-0.25, -0.2) is 0 Å². The van der Waals surface area contributed by atoms with Crippen LogP contribution < -0.4 is 0 Å². The predicted molar refractivity (Wildman–Crippen MR) is 215 cm³/mol. The highest BCUT2D eigenvalue weighted by atomic mass is 32.1. The quantitative estimate of drug-likeness (QED) is 0.173. The molecular formula is C48H28OS. The lowest BCUT2D eigenvalue weighted by molar-refractivity contribution is 0.677. The number of hydrogen-bond acceptors (Lipinski definition) is 2. The summed E-state index contributed by atoms with van der Waals surface area (Å²) in [6.07, 6.45) is 0. The van der Waals surface area contributed by atoms with E-state index in [2.05, 4.69) is 170 Å². The largest absolute Gasteiger partial charge is 0.454 e. The summed E-state index contributed by atoms with van der Waals surface area (Å²) in [7, 11) is 0. The topological polar surface area (TPSA) is 13.1 Å². The zero-order valence-corrected chi connectivity index (χ0v) is 27.8. The highest BCUT2D eigenvalue weighted by molar-refractivity contribution is 7.26. The van der Waals surface area contributed by atoms with Gasteiger partial charge in [0.25, 0.3) is 0 Å². The summed E-state index contributed by atoms with van der Waals surface area (Å²) in [5, 5.41) is 12.2. The third-order valence-electron chi connectivity index (χ3n) is 10.4. The lowest BCUT2D eigenvalue weighted by Crippen LogP contribution is -1.91. The molecule has 0 saturated carbocycles. The van der Waals surface area contributed by atoms with E-state index < -0.39 is 0 Å². The SMILES string of the molecule is c1ccc(-c2c3ccccc3c(-c3cccc(-c4cc5c6ccc7ccccc7c6oc5c5sc6ccccc6c45)c3)c3ccccc23)cc1. The minimum absolute atomic E-state index is 0.958. The van der Waals surface area contributed by atoms with Gasteiger partial charge in [-0.2, -0.15) is 0 Å². The fourth-order valence-electron chi connectivity index (χ4n) is 8.27. The molecule has 2 heterocycles. The lowest BCUT2D eigenvalue weighted by Gasteiger charge is -2.18. The highest BCUT2D eigenvalue weighted by Crippen LogP contribution is 2.49. The number of rotatable bonds is 3. The number of thiophene rings is 1. The molecule has 0 bridgehead atoms. The van der Waals surface area contributed by atoms with Crippen molar-refractivity contribution >= 4 is 85.8 Å². The molecule has 0 amide bonds. The second-order valence-electron chi connectivity index (χ2n) is 13.2. The number of furan rings is 1. The molecule has 0 spiro atoms. The minimum atomic E-state index is 0.958. The van der Waals surface area contributed by atoms with Gasteiger partial charge in [-0.1, -0.05) is 146 Å². The van der Waals surface area contributed by atoms with Crippen molar-refractivity contribution in [1.82, 2.24) is 0 Å². The van der Waals surface area contributed by atoms with E-state index >= 15 is 0 Å². The molecule has 2 heteroatoms. The zero-order valence-electron chi connectivity index (χ0n) is 27.0. The summed E-state index contributed by atoms with van der Waals surface area (Å²) in [6.45, 7) is 0. The highest BCUT2D eigenvalue weighted by Gasteiger charge is 2.21. The Morgan fingerprint density at radius 3 is 1.68 bits per heavy atom. The number of fused-ring (bicyclic) bond motifs is 11. The first-order valence-electron chi connectivity index (χ1n) is 17.1. The molecule has 50 heavy (non-hydrogen) atoms. The summed E-state index contributed by atoms with van der Waals surface area (Å²) >= 11 is 1.83. The van der Waals surface area contributed by atoms with Gasteiger partial charge in [-0.15, -0.1) is 11.3 Å². The van der Waals surface area contributed by atoms with Crippen molar-refractivity contribution in [3.63, 3.8) is 0 Å². The summed E-state index contributed by atoms with van der Waals surface area (Å²) in [5.74, 6) is 0. The molecule has 0 aliphatic carbocycles. The molecule has 0 atom stereocenters. The van der Waals surface area contributed by atoms with Gasteiger partial charge in [-0.05, 0) is 84.6 Å². The molecule has 0 aliphatic rings. The van der Waals surface area contributed by atoms with Crippen molar-refractivity contribution < 1.29 is 4.42 Å². The smallest absolute Gasteiger partial charge is 0.153 e. The van der Waals surface area contributed by atoms with Crippen LogP contribution in [0.3, 0.4) is 0 Å². The van der Waals surface area contributed by atoms with E-state index in [0.717, 1.165) is 27.3 Å². The van der Waals surface area contributed by atoms with E-state index in [1.54, 1.807) is 0 Å². The van der Waals surface area contributed by atoms with Gasteiger partial charge in [-0.3, -0.25) is 0 Å². The standard InChI is InChI=1S/C48H28OS/c1-2-14-30(15-3-1)43-34-19-6-8-21-36(34)44(37-22-9-7-20-35(37)43)32-17-12-16-31(27-32)40-28-41-38-26-25-29-13-4-5-18-33(29)46(38)49-47(41)48-45(40)39-23-10-11-24-42(39)50-48/h1-28H. The summed E-state index contributed by atoms with van der Waals surface area (Å²) in [6, 6.07) is 61.9. The van der Waals surface area contributed by atoms with Crippen molar-refractivity contribution in [3.8, 4) is 33.4 Å². The van der Waals surface area contributed by atoms with E-state index in [0.29, 0.717) is 0 Å². The molecule has 2 aromatic heterocycles. The average Bonchev–Trinajstić information content (AvgIpc) is 3.76. The minimum Gasteiger partial charge on any atom is -0.454 e. The Balaban J connectivity index is 1.23. The van der Waals surface area contributed by atoms with E-state index in [4.69, 9.17) is 4.42 Å². The third kappa shape index (κ3) is 3.94. The summed E-state index contributed by atoms with van der Waals surface area (Å²) < 4.78 is 9.32. The van der Waals surface area contributed by atoms with Crippen LogP contribution in [0.1, 0.15) is 0 Å². The van der Waals surface area contributed by atoms with Gasteiger partial charge >= 0.3 is 0 Å². The normalized spacial score (nSPS) is 12.0. The van der Waals surface area contributed by atoms with Crippen LogP contribution in [0.25, 0.3) is 108 Å². The van der Waals surface area contributed by atoms with E-state index in [9.17, 15) is 0 Å². The lowest BCUT2D eigenvalue weighted by atomic mass is 9.85. The molecule has 0 radical (unpaired) electrons. The van der Waals surface area contributed by atoms with Gasteiger partial charge in [0, 0.05) is 31.6 Å². The molecular weight excluding hydrogens is 625 g/mol. The van der Waals surface area contributed by atoms with Crippen LogP contribution in [0.5, 0.6) is 0 Å². The predicted octanol–water partition coefficient (Wildman–Crippen LogP) is 14.4. The third-order valence-corrected chi connectivity index (χ3v) is 11.6. The second kappa shape index (κ2) is 10.6. The molecule has 0 fully saturated rings. The van der Waals surface area contributed by atoms with Gasteiger partial charge in [0.15, 0.2) is 5.58 Å². The Bertz CT molecular complexity index is 3090. The molecule has 0 aliphatic heterocycles. The monoisotopic (exact) mass is 652 g/mol. The molecule has 11 rings (SSSR count). The molecule has 0 unspecified atom stereocenters. The number of benzene rings is 9. The first-order valence-corrected chi connectivity index (χ1v) is 17.9. The molecule has 1 nitrogen and oxygen atoms in total. The maximum Gasteiger partial charge on any atom is 0.153 e. The number of hydrogen-bond donors (Lipinski definition) is 0. The van der Waals surface area contributed by atoms with Crippen molar-refractivity contribution in [2.75, 3.05) is 0 Å². The maximum atomic E-state index is 6.85. The van der Waals surface area contributed by atoms with Gasteiger partial charge in [0.1, 0.15) is 5.58 Å². The average molecular weight is 653 g/mol. The Morgan fingerprint density at radius 2 is 0.940 bits per heavy atom. The van der Waals surface area contributed by atoms with Crippen molar-refractivity contribution in [3.05, 3.63) is 170 Å². The van der Waals surface area contributed by atoms with E-state index in [1.165, 1.54) is 80.5 Å². The van der Waals surface area contributed by atoms with Gasteiger partial charge in [0.2, 0.25) is 0 Å². The molecule has 9 aromatic carbocycles. The van der Waals surface area contributed by atoms with Crippen LogP contribution in [0.4, 0.5) is 0 Å². The fourth-order valence-corrected chi connectivity index (χ4v) is 9.48. The van der Waals surface area contributed by atoms with Crippen LogP contribution in [-0.4, -0.2) is 0 Å². The first-order chi connectivity index (χ1) is 24.8. The van der Waals surface area contributed by atoms with Gasteiger partial charge < -0.3 is 4.42 Å². The van der Waals surface area contributed by atoms with Crippen molar-refractivity contribution in [2.24, 2.45) is 0 Å². The summed E-state index contributed by atoms with van der Waals surface area (Å²) in [5.41, 5.74) is 9.37. The Labute approximate surface area is 292 Å². The first kappa shape index (κ1) is 27.7. The van der Waals surface area contributed by atoms with E-state index in [-0.39, 0.29) is 0 Å². The van der Waals surface area contributed by atoms with Crippen LogP contribution >= 0.6 is 11.3 Å². The van der Waals surface area contributed by atoms with Crippen molar-refractivity contribution in [2.45, 2.75) is 0 Å².